The van der Waals surface area contributed by atoms with Gasteiger partial charge < -0.3 is 9.13 Å². The molecule has 7 heteroatoms. The molecule has 0 saturated carbocycles. The van der Waals surface area contributed by atoms with E-state index in [4.69, 9.17) is 11.6 Å². The first-order chi connectivity index (χ1) is 13.5. The molecule has 1 aromatic carbocycles. The molecule has 5 nitrogen and oxygen atoms in total. The molecule has 28 heavy (non-hydrogen) atoms. The van der Waals surface area contributed by atoms with Crippen molar-refractivity contribution in [2.24, 2.45) is 0 Å². The number of carbonyl (C=O) groups excluding carboxylic acids is 1. The largest absolute Gasteiger partial charge is 0.318 e. The third-order valence-corrected chi connectivity index (χ3v) is 6.44. The van der Waals surface area contributed by atoms with Crippen LogP contribution >= 0.6 is 23.4 Å². The van der Waals surface area contributed by atoms with Crippen LogP contribution in [0.2, 0.25) is 5.02 Å². The van der Waals surface area contributed by atoms with Crippen molar-refractivity contribution in [3.05, 3.63) is 58.1 Å². The SMILES string of the molecule is Cc1cc(C(=O)CSc2nnc3n2CCCCC3)c(C)n1-c1ccc(Cl)cc1. The Bertz CT molecular complexity index is 1010. The maximum atomic E-state index is 12.9. The minimum Gasteiger partial charge on any atom is -0.318 e. The lowest BCUT2D eigenvalue weighted by molar-refractivity contribution is 0.102. The van der Waals surface area contributed by atoms with Crippen LogP contribution in [0.4, 0.5) is 0 Å². The molecular weight excluding hydrogens is 392 g/mol. The van der Waals surface area contributed by atoms with Gasteiger partial charge in [-0.2, -0.15) is 0 Å². The van der Waals surface area contributed by atoms with E-state index in [2.05, 4.69) is 19.3 Å². The highest BCUT2D eigenvalue weighted by molar-refractivity contribution is 7.99. The molecule has 4 rings (SSSR count). The summed E-state index contributed by atoms with van der Waals surface area (Å²) in [6.45, 7) is 4.95. The van der Waals surface area contributed by atoms with Crippen molar-refractivity contribution in [1.29, 1.82) is 0 Å². The van der Waals surface area contributed by atoms with E-state index >= 15 is 0 Å². The number of hydrogen-bond donors (Lipinski definition) is 0. The summed E-state index contributed by atoms with van der Waals surface area (Å²) < 4.78 is 4.28. The molecule has 0 amide bonds. The molecule has 3 heterocycles. The second-order valence-electron chi connectivity index (χ2n) is 7.17. The number of ketones is 1. The number of thioether (sulfide) groups is 1. The molecule has 1 aliphatic heterocycles. The van der Waals surface area contributed by atoms with Crippen molar-refractivity contribution in [2.45, 2.75) is 51.2 Å². The van der Waals surface area contributed by atoms with Crippen molar-refractivity contribution < 1.29 is 4.79 Å². The zero-order chi connectivity index (χ0) is 19.7. The Labute approximate surface area is 174 Å². The highest BCUT2D eigenvalue weighted by atomic mass is 35.5. The van der Waals surface area contributed by atoms with E-state index < -0.39 is 0 Å². The fraction of sp³-hybridized carbons (Fsp3) is 0.381. The molecule has 0 fully saturated rings. The fourth-order valence-electron chi connectivity index (χ4n) is 3.81. The summed E-state index contributed by atoms with van der Waals surface area (Å²) in [5.74, 6) is 1.53. The summed E-state index contributed by atoms with van der Waals surface area (Å²) in [7, 11) is 0. The minimum atomic E-state index is 0.115. The maximum absolute atomic E-state index is 12.9. The standard InChI is InChI=1S/C21H23ClN4OS/c1-14-12-18(15(2)26(14)17-9-7-16(22)8-10-17)19(27)13-28-21-24-23-20-6-4-3-5-11-25(20)21/h7-10,12H,3-6,11,13H2,1-2H3. The number of benzene rings is 1. The van der Waals surface area contributed by atoms with Crippen molar-refractivity contribution in [1.82, 2.24) is 19.3 Å². The smallest absolute Gasteiger partial charge is 0.191 e. The van der Waals surface area contributed by atoms with Crippen LogP contribution in [0.5, 0.6) is 0 Å². The van der Waals surface area contributed by atoms with E-state index in [1.165, 1.54) is 24.6 Å². The number of carbonyl (C=O) groups is 1. The summed E-state index contributed by atoms with van der Waals surface area (Å²) in [5.41, 5.74) is 3.75. The van der Waals surface area contributed by atoms with Gasteiger partial charge in [0, 0.05) is 40.6 Å². The van der Waals surface area contributed by atoms with Crippen molar-refractivity contribution in [2.75, 3.05) is 5.75 Å². The second kappa shape index (κ2) is 8.13. The van der Waals surface area contributed by atoms with Crippen LogP contribution in [0.1, 0.15) is 46.8 Å². The van der Waals surface area contributed by atoms with Gasteiger partial charge in [-0.15, -0.1) is 10.2 Å². The van der Waals surface area contributed by atoms with Crippen LogP contribution in [0.3, 0.4) is 0 Å². The van der Waals surface area contributed by atoms with Crippen molar-refractivity contribution in [3.8, 4) is 5.69 Å². The third kappa shape index (κ3) is 3.76. The number of aromatic nitrogens is 4. The molecule has 146 valence electrons. The van der Waals surface area contributed by atoms with E-state index in [1.54, 1.807) is 0 Å². The van der Waals surface area contributed by atoms with Gasteiger partial charge in [0.2, 0.25) is 0 Å². The summed E-state index contributed by atoms with van der Waals surface area (Å²) >= 11 is 7.49. The molecule has 0 unspecified atom stereocenters. The molecule has 0 atom stereocenters. The molecule has 0 N–H and O–H groups in total. The van der Waals surface area contributed by atoms with Crippen LogP contribution in [0.15, 0.2) is 35.5 Å². The van der Waals surface area contributed by atoms with Gasteiger partial charge in [0.1, 0.15) is 5.82 Å². The second-order valence-corrected chi connectivity index (χ2v) is 8.55. The first kappa shape index (κ1) is 19.3. The predicted octanol–water partition coefficient (Wildman–Crippen LogP) is 5.04. The molecule has 0 saturated heterocycles. The third-order valence-electron chi connectivity index (χ3n) is 5.22. The molecule has 2 aromatic heterocycles. The quantitative estimate of drug-likeness (QED) is 0.433. The minimum absolute atomic E-state index is 0.115. The zero-order valence-corrected chi connectivity index (χ0v) is 17.7. The highest BCUT2D eigenvalue weighted by Gasteiger charge is 2.20. The van der Waals surface area contributed by atoms with Crippen LogP contribution in [0.25, 0.3) is 5.69 Å². The maximum Gasteiger partial charge on any atom is 0.191 e. The Kier molecular flexibility index (Phi) is 5.60. The first-order valence-electron chi connectivity index (χ1n) is 9.57. The topological polar surface area (TPSA) is 52.7 Å². The predicted molar refractivity (Wildman–Crippen MR) is 113 cm³/mol. The van der Waals surface area contributed by atoms with E-state index in [9.17, 15) is 4.79 Å². The average Bonchev–Trinajstić information content (AvgIpc) is 3.10. The summed E-state index contributed by atoms with van der Waals surface area (Å²) in [6, 6.07) is 9.64. The summed E-state index contributed by atoms with van der Waals surface area (Å²) in [4.78, 5) is 12.9. The lowest BCUT2D eigenvalue weighted by Gasteiger charge is -2.10. The van der Waals surface area contributed by atoms with E-state index in [-0.39, 0.29) is 5.78 Å². The molecule has 0 radical (unpaired) electrons. The van der Waals surface area contributed by atoms with Gasteiger partial charge >= 0.3 is 0 Å². The van der Waals surface area contributed by atoms with E-state index in [0.29, 0.717) is 10.8 Å². The lowest BCUT2D eigenvalue weighted by atomic mass is 10.2. The van der Waals surface area contributed by atoms with Gasteiger partial charge in [-0.1, -0.05) is 29.8 Å². The van der Waals surface area contributed by atoms with E-state index in [1.807, 2.05) is 44.2 Å². The molecule has 0 bridgehead atoms. The fourth-order valence-corrected chi connectivity index (χ4v) is 4.80. The Morgan fingerprint density at radius 2 is 1.93 bits per heavy atom. The zero-order valence-electron chi connectivity index (χ0n) is 16.1. The van der Waals surface area contributed by atoms with E-state index in [0.717, 1.165) is 53.0 Å². The number of Topliss-reactive ketones (excluding diaryl/α,β-unsaturated/α-hetero) is 1. The first-order valence-corrected chi connectivity index (χ1v) is 10.9. The Morgan fingerprint density at radius 1 is 1.14 bits per heavy atom. The summed E-state index contributed by atoms with van der Waals surface area (Å²) in [5, 5.41) is 10.2. The average molecular weight is 415 g/mol. The Balaban J connectivity index is 1.52. The molecular formula is C21H23ClN4OS. The van der Waals surface area contributed by atoms with Gasteiger partial charge in [-0.25, -0.2) is 0 Å². The van der Waals surface area contributed by atoms with Crippen molar-refractivity contribution in [3.63, 3.8) is 0 Å². The van der Waals surface area contributed by atoms with Gasteiger partial charge in [0.15, 0.2) is 10.9 Å². The monoisotopic (exact) mass is 414 g/mol. The molecule has 0 aliphatic carbocycles. The van der Waals surface area contributed by atoms with Crippen LogP contribution in [0, 0.1) is 13.8 Å². The number of halogens is 1. The van der Waals surface area contributed by atoms with Gasteiger partial charge in [-0.05, 0) is 57.0 Å². The van der Waals surface area contributed by atoms with Crippen LogP contribution in [-0.4, -0.2) is 30.9 Å². The Morgan fingerprint density at radius 3 is 2.71 bits per heavy atom. The van der Waals surface area contributed by atoms with Gasteiger partial charge in [0.25, 0.3) is 0 Å². The Hall–Kier alpha value is -2.05. The normalized spacial score (nSPS) is 14.0. The number of fused-ring (bicyclic) bond motifs is 1. The molecule has 1 aliphatic rings. The highest BCUT2D eigenvalue weighted by Crippen LogP contribution is 2.26. The van der Waals surface area contributed by atoms with Crippen molar-refractivity contribution >= 4 is 29.1 Å². The van der Waals surface area contributed by atoms with Gasteiger partial charge in [0.05, 0.1) is 5.75 Å². The van der Waals surface area contributed by atoms with Gasteiger partial charge in [-0.3, -0.25) is 4.79 Å². The summed E-state index contributed by atoms with van der Waals surface area (Å²) in [6.07, 6.45) is 4.51. The number of aryl methyl sites for hydroxylation is 2. The molecule has 0 spiro atoms. The molecule has 3 aromatic rings. The lowest BCUT2D eigenvalue weighted by Crippen LogP contribution is -2.07. The van der Waals surface area contributed by atoms with Crippen LogP contribution in [-0.2, 0) is 13.0 Å². The van der Waals surface area contributed by atoms with Crippen LogP contribution < -0.4 is 0 Å². The number of nitrogens with zero attached hydrogens (tertiary/aromatic N) is 4. The number of rotatable bonds is 5. The number of hydrogen-bond acceptors (Lipinski definition) is 4.